The van der Waals surface area contributed by atoms with Crippen molar-refractivity contribution in [1.82, 2.24) is 10.3 Å². The lowest BCUT2D eigenvalue weighted by Crippen LogP contribution is -2.28. The van der Waals surface area contributed by atoms with Crippen molar-refractivity contribution >= 4 is 22.2 Å². The van der Waals surface area contributed by atoms with E-state index in [1.807, 2.05) is 19.1 Å². The summed E-state index contributed by atoms with van der Waals surface area (Å²) in [6.07, 6.45) is 4.14. The number of aryl methyl sites for hydroxylation is 1. The quantitative estimate of drug-likeness (QED) is 0.915. The molecule has 1 amide bonds. The fraction of sp³-hybridized carbons (Fsp3) is 0.375. The molecule has 21 heavy (non-hydrogen) atoms. The fourth-order valence-electron chi connectivity index (χ4n) is 2.65. The maximum absolute atomic E-state index is 12.2. The van der Waals surface area contributed by atoms with Crippen LogP contribution >= 0.6 is 11.3 Å². The summed E-state index contributed by atoms with van der Waals surface area (Å²) >= 11 is 1.49. The van der Waals surface area contributed by atoms with E-state index in [-0.39, 0.29) is 5.91 Å². The zero-order valence-electron chi connectivity index (χ0n) is 12.1. The minimum absolute atomic E-state index is 0.0769. The van der Waals surface area contributed by atoms with Crippen LogP contribution in [0.25, 0.3) is 0 Å². The summed E-state index contributed by atoms with van der Waals surface area (Å²) in [5, 5.41) is 8.04. The lowest BCUT2D eigenvalue weighted by Gasteiger charge is -2.23. The van der Waals surface area contributed by atoms with Crippen molar-refractivity contribution in [2.75, 3.05) is 18.4 Å². The first-order valence-electron chi connectivity index (χ1n) is 7.27. The van der Waals surface area contributed by atoms with Crippen LogP contribution in [0.5, 0.6) is 0 Å². The largest absolute Gasteiger partial charge is 0.316 e. The van der Waals surface area contributed by atoms with E-state index >= 15 is 0 Å². The van der Waals surface area contributed by atoms with Gasteiger partial charge in [-0.2, -0.15) is 0 Å². The Hall–Kier alpha value is -1.72. The van der Waals surface area contributed by atoms with E-state index in [2.05, 4.69) is 27.8 Å². The molecule has 0 radical (unpaired) electrons. The third-order valence-corrected chi connectivity index (χ3v) is 4.63. The summed E-state index contributed by atoms with van der Waals surface area (Å²) < 4.78 is 0. The molecular formula is C16H19N3OS. The van der Waals surface area contributed by atoms with Gasteiger partial charge in [-0.25, -0.2) is 4.98 Å². The highest BCUT2D eigenvalue weighted by Gasteiger charge is 2.15. The summed E-state index contributed by atoms with van der Waals surface area (Å²) in [5.41, 5.74) is 2.00. The molecule has 1 aliphatic rings. The number of anilines is 1. The average molecular weight is 301 g/mol. The van der Waals surface area contributed by atoms with Gasteiger partial charge in [0.05, 0.1) is 11.2 Å². The smallest absolute Gasteiger partial charge is 0.256 e. The fourth-order valence-corrected chi connectivity index (χ4v) is 3.32. The lowest BCUT2D eigenvalue weighted by atomic mass is 9.91. The van der Waals surface area contributed by atoms with Crippen molar-refractivity contribution in [3.05, 3.63) is 46.6 Å². The van der Waals surface area contributed by atoms with Gasteiger partial charge < -0.3 is 10.6 Å². The molecule has 1 unspecified atom stereocenters. The zero-order chi connectivity index (χ0) is 14.7. The number of carbonyl (C=O) groups excluding carboxylic acids is 1. The van der Waals surface area contributed by atoms with E-state index in [0.717, 1.165) is 23.1 Å². The summed E-state index contributed by atoms with van der Waals surface area (Å²) in [5.74, 6) is 0.493. The molecule has 5 heteroatoms. The number of hydrogen-bond acceptors (Lipinski definition) is 4. The second-order valence-corrected chi connectivity index (χ2v) is 6.60. The molecule has 1 fully saturated rings. The van der Waals surface area contributed by atoms with Crippen LogP contribution in [0.4, 0.5) is 5.00 Å². The van der Waals surface area contributed by atoms with Crippen LogP contribution in [0.3, 0.4) is 0 Å². The summed E-state index contributed by atoms with van der Waals surface area (Å²) in [4.78, 5) is 16.3. The Morgan fingerprint density at radius 1 is 1.38 bits per heavy atom. The molecule has 2 aromatic rings. The summed E-state index contributed by atoms with van der Waals surface area (Å²) in [6.45, 7) is 4.07. The molecule has 0 bridgehead atoms. The maximum Gasteiger partial charge on any atom is 0.256 e. The van der Waals surface area contributed by atoms with Gasteiger partial charge in [-0.1, -0.05) is 12.1 Å². The Kier molecular flexibility index (Phi) is 4.31. The normalized spacial score (nSPS) is 18.4. The molecule has 1 aromatic heterocycles. The first-order chi connectivity index (χ1) is 10.2. The van der Waals surface area contributed by atoms with Crippen LogP contribution in [-0.4, -0.2) is 24.0 Å². The number of amides is 1. The number of thiazole rings is 1. The molecule has 2 heterocycles. The molecule has 110 valence electrons. The Bertz CT molecular complexity index is 615. The van der Waals surface area contributed by atoms with Crippen LogP contribution in [0.2, 0.25) is 0 Å². The van der Waals surface area contributed by atoms with E-state index in [1.165, 1.54) is 29.7 Å². The molecular weight excluding hydrogens is 282 g/mol. The number of nitrogens with one attached hydrogen (secondary N) is 2. The molecule has 4 nitrogen and oxygen atoms in total. The zero-order valence-corrected chi connectivity index (χ0v) is 12.9. The van der Waals surface area contributed by atoms with E-state index in [4.69, 9.17) is 0 Å². The Morgan fingerprint density at radius 3 is 2.81 bits per heavy atom. The number of benzene rings is 1. The van der Waals surface area contributed by atoms with E-state index in [9.17, 15) is 4.79 Å². The van der Waals surface area contributed by atoms with Crippen LogP contribution in [0.1, 0.15) is 39.7 Å². The van der Waals surface area contributed by atoms with Gasteiger partial charge >= 0.3 is 0 Å². The van der Waals surface area contributed by atoms with Gasteiger partial charge in [0.1, 0.15) is 5.00 Å². The van der Waals surface area contributed by atoms with Gasteiger partial charge in [0.2, 0.25) is 0 Å². The van der Waals surface area contributed by atoms with Gasteiger partial charge in [0.25, 0.3) is 5.91 Å². The summed E-state index contributed by atoms with van der Waals surface area (Å²) in [7, 11) is 0. The second kappa shape index (κ2) is 6.37. The molecule has 3 rings (SSSR count). The van der Waals surface area contributed by atoms with Crippen molar-refractivity contribution in [2.45, 2.75) is 25.7 Å². The third kappa shape index (κ3) is 3.49. The molecule has 2 N–H and O–H groups in total. The van der Waals surface area contributed by atoms with E-state index in [1.54, 1.807) is 6.20 Å². The SMILES string of the molecule is Cc1ncc(NC(=O)c2ccc(C3CCCNC3)cc2)s1. The van der Waals surface area contributed by atoms with Crippen molar-refractivity contribution in [3.63, 3.8) is 0 Å². The van der Waals surface area contributed by atoms with Crippen LogP contribution in [-0.2, 0) is 0 Å². The second-order valence-electron chi connectivity index (χ2n) is 5.36. The van der Waals surface area contributed by atoms with Gasteiger partial charge in [0, 0.05) is 12.1 Å². The van der Waals surface area contributed by atoms with Crippen LogP contribution in [0.15, 0.2) is 30.5 Å². The van der Waals surface area contributed by atoms with Gasteiger partial charge in [-0.3, -0.25) is 4.79 Å². The Labute approximate surface area is 128 Å². The minimum atomic E-state index is -0.0769. The Balaban J connectivity index is 1.67. The standard InChI is InChI=1S/C16H19N3OS/c1-11-18-10-15(21-11)19-16(20)13-6-4-12(5-7-13)14-3-2-8-17-9-14/h4-7,10,14,17H,2-3,8-9H2,1H3,(H,19,20). The van der Waals surface area contributed by atoms with E-state index in [0.29, 0.717) is 11.5 Å². The molecule has 1 atom stereocenters. The number of piperidine rings is 1. The third-order valence-electron chi connectivity index (χ3n) is 3.80. The highest BCUT2D eigenvalue weighted by atomic mass is 32.1. The topological polar surface area (TPSA) is 54.0 Å². The molecule has 0 saturated carbocycles. The first-order valence-corrected chi connectivity index (χ1v) is 8.08. The predicted octanol–water partition coefficient (Wildman–Crippen LogP) is 3.17. The van der Waals surface area contributed by atoms with Crippen LogP contribution < -0.4 is 10.6 Å². The highest BCUT2D eigenvalue weighted by Crippen LogP contribution is 2.24. The van der Waals surface area contributed by atoms with Crippen molar-refractivity contribution in [2.24, 2.45) is 0 Å². The van der Waals surface area contributed by atoms with Gasteiger partial charge in [-0.05, 0) is 49.9 Å². The van der Waals surface area contributed by atoms with Crippen molar-refractivity contribution in [3.8, 4) is 0 Å². The molecule has 1 saturated heterocycles. The highest BCUT2D eigenvalue weighted by molar-refractivity contribution is 7.15. The number of carbonyl (C=O) groups is 1. The Morgan fingerprint density at radius 2 is 2.19 bits per heavy atom. The number of nitrogens with zero attached hydrogens (tertiary/aromatic N) is 1. The van der Waals surface area contributed by atoms with Gasteiger partial charge in [0.15, 0.2) is 0 Å². The number of rotatable bonds is 3. The summed E-state index contributed by atoms with van der Waals surface area (Å²) in [6, 6.07) is 7.97. The van der Waals surface area contributed by atoms with E-state index < -0.39 is 0 Å². The van der Waals surface area contributed by atoms with Gasteiger partial charge in [-0.15, -0.1) is 11.3 Å². The molecule has 1 aromatic carbocycles. The lowest BCUT2D eigenvalue weighted by molar-refractivity contribution is 0.102. The maximum atomic E-state index is 12.2. The average Bonchev–Trinajstić information content (AvgIpc) is 2.93. The van der Waals surface area contributed by atoms with Crippen molar-refractivity contribution in [1.29, 1.82) is 0 Å². The van der Waals surface area contributed by atoms with Crippen LogP contribution in [0, 0.1) is 6.92 Å². The number of aromatic nitrogens is 1. The first kappa shape index (κ1) is 14.2. The monoisotopic (exact) mass is 301 g/mol. The molecule has 0 aliphatic carbocycles. The number of hydrogen-bond donors (Lipinski definition) is 2. The molecule has 1 aliphatic heterocycles. The molecule has 0 spiro atoms. The predicted molar refractivity (Wildman–Crippen MR) is 86.1 cm³/mol. The minimum Gasteiger partial charge on any atom is -0.316 e. The van der Waals surface area contributed by atoms with Crippen molar-refractivity contribution < 1.29 is 4.79 Å².